The predicted molar refractivity (Wildman–Crippen MR) is 226 cm³/mol. The summed E-state index contributed by atoms with van der Waals surface area (Å²) in [5.74, 6) is 6.22. The van der Waals surface area contributed by atoms with Gasteiger partial charge in [0.1, 0.15) is 11.5 Å². The lowest BCUT2D eigenvalue weighted by Crippen LogP contribution is -2.30. The van der Waals surface area contributed by atoms with Crippen molar-refractivity contribution in [2.75, 3.05) is 0 Å². The van der Waals surface area contributed by atoms with Crippen molar-refractivity contribution in [1.29, 1.82) is 0 Å². The maximum Gasteiger partial charge on any atom is 0.123 e. The summed E-state index contributed by atoms with van der Waals surface area (Å²) in [6.07, 6.45) is 19.3. The Morgan fingerprint density at radius 3 is 1.17 bits per heavy atom. The molecule has 0 saturated heterocycles. The molecule has 2 N–H and O–H groups in total. The van der Waals surface area contributed by atoms with E-state index in [9.17, 15) is 10.2 Å². The average molecular weight is 715 g/mol. The van der Waals surface area contributed by atoms with Crippen molar-refractivity contribution in [2.24, 2.45) is 23.7 Å². The summed E-state index contributed by atoms with van der Waals surface area (Å²) in [6, 6.07) is 9.29. The zero-order chi connectivity index (χ0) is 38.8. The molecule has 3 saturated carbocycles. The molecular weight excluding hydrogens is 633 g/mol. The van der Waals surface area contributed by atoms with Crippen LogP contribution in [-0.2, 0) is 21.7 Å². The Morgan fingerprint density at radius 1 is 0.442 bits per heavy atom. The fourth-order valence-electron chi connectivity index (χ4n) is 10.2. The SMILES string of the molecule is CCCC1CCC(c2cc(C(C)(C)C)c(O)c(C(C)(C)C)c2)CC1.CCCC1CCC2CC(c3cc(C(C)(C)C)c(O)c(C(C)(C)C)c3)CCC2C1. The third kappa shape index (κ3) is 10.6. The van der Waals surface area contributed by atoms with Crippen molar-refractivity contribution in [2.45, 2.75) is 220 Å². The van der Waals surface area contributed by atoms with Crippen LogP contribution >= 0.6 is 0 Å². The van der Waals surface area contributed by atoms with E-state index in [1.165, 1.54) is 101 Å². The smallest absolute Gasteiger partial charge is 0.123 e. The molecule has 294 valence electrons. The van der Waals surface area contributed by atoms with E-state index in [-0.39, 0.29) is 21.7 Å². The minimum Gasteiger partial charge on any atom is -0.507 e. The zero-order valence-electron chi connectivity index (χ0n) is 36.6. The summed E-state index contributed by atoms with van der Waals surface area (Å²) in [6.45, 7) is 31.2. The molecule has 3 aliphatic carbocycles. The first kappa shape index (κ1) is 42.8. The topological polar surface area (TPSA) is 40.5 Å². The monoisotopic (exact) mass is 715 g/mol. The molecule has 2 aromatic rings. The Morgan fingerprint density at radius 2 is 0.769 bits per heavy atom. The molecular formula is C50H82O2. The Balaban J connectivity index is 0.000000236. The number of rotatable bonds is 6. The molecule has 0 aromatic heterocycles. The molecule has 3 fully saturated rings. The van der Waals surface area contributed by atoms with Gasteiger partial charge in [-0.05, 0) is 148 Å². The van der Waals surface area contributed by atoms with Gasteiger partial charge in [0.25, 0.3) is 0 Å². The van der Waals surface area contributed by atoms with Gasteiger partial charge in [-0.2, -0.15) is 0 Å². The van der Waals surface area contributed by atoms with Gasteiger partial charge >= 0.3 is 0 Å². The highest BCUT2D eigenvalue weighted by atomic mass is 16.3. The highest BCUT2D eigenvalue weighted by molar-refractivity contribution is 5.52. The van der Waals surface area contributed by atoms with Gasteiger partial charge in [0.15, 0.2) is 0 Å². The highest BCUT2D eigenvalue weighted by Gasteiger charge is 2.37. The van der Waals surface area contributed by atoms with Crippen LogP contribution < -0.4 is 0 Å². The summed E-state index contributed by atoms with van der Waals surface area (Å²) in [5.41, 5.74) is 7.30. The number of phenols is 2. The van der Waals surface area contributed by atoms with Gasteiger partial charge in [0.2, 0.25) is 0 Å². The minimum atomic E-state index is -0.0322. The van der Waals surface area contributed by atoms with Gasteiger partial charge < -0.3 is 10.2 Å². The molecule has 3 aliphatic rings. The molecule has 4 atom stereocenters. The van der Waals surface area contributed by atoms with Crippen molar-refractivity contribution in [3.8, 4) is 11.5 Å². The lowest BCUT2D eigenvalue weighted by molar-refractivity contribution is 0.114. The van der Waals surface area contributed by atoms with Gasteiger partial charge in [0.05, 0.1) is 0 Å². The molecule has 2 nitrogen and oxygen atoms in total. The summed E-state index contributed by atoms with van der Waals surface area (Å²) >= 11 is 0. The molecule has 0 bridgehead atoms. The molecule has 0 spiro atoms. The van der Waals surface area contributed by atoms with E-state index in [0.717, 1.165) is 45.9 Å². The quantitative estimate of drug-likeness (QED) is 0.313. The van der Waals surface area contributed by atoms with Crippen LogP contribution in [0.25, 0.3) is 0 Å². The first-order valence-electron chi connectivity index (χ1n) is 21.8. The van der Waals surface area contributed by atoms with Gasteiger partial charge in [-0.1, -0.05) is 153 Å². The summed E-state index contributed by atoms with van der Waals surface area (Å²) in [5, 5.41) is 21.9. The Labute approximate surface area is 322 Å². The van der Waals surface area contributed by atoms with Crippen molar-refractivity contribution in [1.82, 2.24) is 0 Å². The molecule has 0 aliphatic heterocycles. The van der Waals surface area contributed by atoms with Crippen molar-refractivity contribution in [3.05, 3.63) is 57.6 Å². The van der Waals surface area contributed by atoms with E-state index in [1.807, 2.05) is 0 Å². The van der Waals surface area contributed by atoms with Crippen LogP contribution in [0.4, 0.5) is 0 Å². The predicted octanol–water partition coefficient (Wildman–Crippen LogP) is 15.1. The van der Waals surface area contributed by atoms with E-state index in [4.69, 9.17) is 0 Å². The lowest BCUT2D eigenvalue weighted by atomic mass is 9.63. The molecule has 0 amide bonds. The Bertz CT molecular complexity index is 1370. The second-order valence-corrected chi connectivity index (χ2v) is 21.9. The van der Waals surface area contributed by atoms with Crippen LogP contribution in [0.1, 0.15) is 232 Å². The van der Waals surface area contributed by atoms with Crippen LogP contribution in [0.2, 0.25) is 0 Å². The fraction of sp³-hybridized carbons (Fsp3) is 0.760. The second kappa shape index (κ2) is 16.8. The molecule has 2 heteroatoms. The molecule has 0 radical (unpaired) electrons. The van der Waals surface area contributed by atoms with E-state index < -0.39 is 0 Å². The first-order valence-corrected chi connectivity index (χ1v) is 21.8. The fourth-order valence-corrected chi connectivity index (χ4v) is 10.2. The lowest BCUT2D eigenvalue weighted by Gasteiger charge is -2.43. The third-order valence-corrected chi connectivity index (χ3v) is 13.4. The second-order valence-electron chi connectivity index (χ2n) is 21.9. The van der Waals surface area contributed by atoms with Crippen molar-refractivity contribution in [3.63, 3.8) is 0 Å². The first-order chi connectivity index (χ1) is 24.0. The highest BCUT2D eigenvalue weighted by Crippen LogP contribution is 2.50. The number of aromatic hydroxyl groups is 2. The van der Waals surface area contributed by atoms with Gasteiger partial charge in [0, 0.05) is 0 Å². The number of hydrogen-bond donors (Lipinski definition) is 2. The third-order valence-electron chi connectivity index (χ3n) is 13.4. The van der Waals surface area contributed by atoms with Gasteiger partial charge in [-0.15, -0.1) is 0 Å². The number of hydrogen-bond acceptors (Lipinski definition) is 2. The normalized spacial score (nSPS) is 26.0. The van der Waals surface area contributed by atoms with Crippen LogP contribution in [0.15, 0.2) is 24.3 Å². The maximum absolute atomic E-state index is 11.0. The molecule has 0 heterocycles. The average Bonchev–Trinajstić information content (AvgIpc) is 3.03. The van der Waals surface area contributed by atoms with Gasteiger partial charge in [-0.3, -0.25) is 0 Å². The number of benzene rings is 2. The van der Waals surface area contributed by atoms with Crippen LogP contribution in [-0.4, -0.2) is 10.2 Å². The van der Waals surface area contributed by atoms with Crippen molar-refractivity contribution < 1.29 is 10.2 Å². The summed E-state index contributed by atoms with van der Waals surface area (Å²) in [4.78, 5) is 0. The summed E-state index contributed by atoms with van der Waals surface area (Å²) in [7, 11) is 0. The van der Waals surface area contributed by atoms with E-state index in [2.05, 4.69) is 121 Å². The Hall–Kier alpha value is -1.96. The largest absolute Gasteiger partial charge is 0.507 e. The molecule has 52 heavy (non-hydrogen) atoms. The van der Waals surface area contributed by atoms with Crippen LogP contribution in [0.3, 0.4) is 0 Å². The number of phenolic OH excluding ortho intramolecular Hbond substituents is 2. The van der Waals surface area contributed by atoms with E-state index >= 15 is 0 Å². The standard InChI is InChI=1S/C27H44O.C23H38O/c1-8-9-18-10-11-20-15-21(13-12-19(20)14-18)22-16-23(26(2,3)4)25(28)24(17-22)27(5,6)7;1-8-9-16-10-12-17(13-11-16)18-14-19(22(2,3)4)21(24)20(15-18)23(5,6)7/h16-21,28H,8-15H2,1-7H3;14-17,24H,8-13H2,1-7H3. The number of fused-ring (bicyclic) bond motifs is 1. The van der Waals surface area contributed by atoms with E-state index in [0.29, 0.717) is 23.3 Å². The molecule has 2 aromatic carbocycles. The van der Waals surface area contributed by atoms with Crippen LogP contribution in [0, 0.1) is 23.7 Å². The molecule has 5 rings (SSSR count). The summed E-state index contributed by atoms with van der Waals surface area (Å²) < 4.78 is 0. The Kier molecular flexibility index (Phi) is 13.8. The molecule has 4 unspecified atom stereocenters. The van der Waals surface area contributed by atoms with Gasteiger partial charge in [-0.25, -0.2) is 0 Å². The van der Waals surface area contributed by atoms with Crippen LogP contribution in [0.5, 0.6) is 11.5 Å². The maximum atomic E-state index is 11.0. The van der Waals surface area contributed by atoms with Crippen molar-refractivity contribution >= 4 is 0 Å². The zero-order valence-corrected chi connectivity index (χ0v) is 36.6. The van der Waals surface area contributed by atoms with E-state index in [1.54, 1.807) is 0 Å². The minimum absolute atomic E-state index is 0.0283.